The summed E-state index contributed by atoms with van der Waals surface area (Å²) >= 11 is 2.93. The molecule has 1 heterocycles. The van der Waals surface area contributed by atoms with Crippen LogP contribution in [0.2, 0.25) is 0 Å². The maximum Gasteiger partial charge on any atom is 0.257 e. The van der Waals surface area contributed by atoms with Crippen LogP contribution in [0.3, 0.4) is 0 Å². The maximum atomic E-state index is 12.5. The van der Waals surface area contributed by atoms with Gasteiger partial charge in [-0.2, -0.15) is 0 Å². The summed E-state index contributed by atoms with van der Waals surface area (Å²) in [7, 11) is -3.49. The number of sulfonamides is 1. The van der Waals surface area contributed by atoms with Gasteiger partial charge in [0.2, 0.25) is 15.2 Å². The monoisotopic (exact) mass is 490 g/mol. The Kier molecular flexibility index (Phi) is 7.58. The molecule has 0 spiro atoms. The first-order valence-electron chi connectivity index (χ1n) is 9.98. The number of aryl methyl sites for hydroxylation is 2. The van der Waals surface area contributed by atoms with Gasteiger partial charge in [-0.15, -0.1) is 10.2 Å². The summed E-state index contributed by atoms with van der Waals surface area (Å²) in [6.45, 7) is 8.18. The van der Waals surface area contributed by atoms with Gasteiger partial charge < -0.3 is 0 Å². The smallest absolute Gasteiger partial charge is 0.257 e. The Labute approximate surface area is 197 Å². The highest BCUT2D eigenvalue weighted by Crippen LogP contribution is 2.29. The largest absolute Gasteiger partial charge is 0.296 e. The average Bonchev–Trinajstić information content (AvgIpc) is 3.10. The summed E-state index contributed by atoms with van der Waals surface area (Å²) in [5, 5.41) is 11.7. The molecule has 0 atom stereocenters. The number of carbonyl (C=O) groups is 1. The highest BCUT2D eigenvalue weighted by atomic mass is 32.2. The predicted octanol–water partition coefficient (Wildman–Crippen LogP) is 4.87. The van der Waals surface area contributed by atoms with E-state index in [-0.39, 0.29) is 12.5 Å². The van der Waals surface area contributed by atoms with Crippen LogP contribution in [0.1, 0.15) is 40.9 Å². The Balaban J connectivity index is 1.73. The first kappa shape index (κ1) is 24.2. The molecule has 3 aromatic rings. The van der Waals surface area contributed by atoms with E-state index in [0.29, 0.717) is 21.6 Å². The molecule has 0 saturated carbocycles. The van der Waals surface area contributed by atoms with Crippen molar-refractivity contribution < 1.29 is 13.2 Å². The molecule has 0 unspecified atom stereocenters. The molecule has 0 aliphatic heterocycles. The van der Waals surface area contributed by atoms with Gasteiger partial charge in [0.1, 0.15) is 0 Å². The quantitative estimate of drug-likeness (QED) is 0.358. The third kappa shape index (κ3) is 6.54. The highest BCUT2D eigenvalue weighted by molar-refractivity contribution is 8.01. The van der Waals surface area contributed by atoms with E-state index in [1.54, 1.807) is 36.0 Å². The molecule has 2 aromatic carbocycles. The SMILES string of the molecule is Cc1cc(C)cc(N(Cc2ccc(C(=O)Nc3nnc(SC(C)C)s3)cc2)S(C)(=O)=O)c1. The number of thioether (sulfide) groups is 1. The second-order valence-electron chi connectivity index (χ2n) is 7.81. The molecule has 170 valence electrons. The number of nitrogens with one attached hydrogen (secondary N) is 1. The van der Waals surface area contributed by atoms with Crippen molar-refractivity contribution in [3.63, 3.8) is 0 Å². The number of rotatable bonds is 8. The second kappa shape index (κ2) is 10.0. The first-order valence-corrected chi connectivity index (χ1v) is 13.5. The van der Waals surface area contributed by atoms with Crippen LogP contribution in [0.5, 0.6) is 0 Å². The lowest BCUT2D eigenvalue weighted by Crippen LogP contribution is -2.29. The molecule has 0 bridgehead atoms. The Hall–Kier alpha value is -2.43. The van der Waals surface area contributed by atoms with Crippen LogP contribution in [-0.4, -0.2) is 36.0 Å². The van der Waals surface area contributed by atoms with E-state index in [9.17, 15) is 13.2 Å². The van der Waals surface area contributed by atoms with E-state index in [2.05, 4.69) is 29.4 Å². The molecule has 1 N–H and O–H groups in total. The number of aromatic nitrogens is 2. The third-order valence-electron chi connectivity index (χ3n) is 4.40. The van der Waals surface area contributed by atoms with Crippen molar-refractivity contribution in [2.75, 3.05) is 15.9 Å². The lowest BCUT2D eigenvalue weighted by molar-refractivity contribution is 0.102. The van der Waals surface area contributed by atoms with Gasteiger partial charge in [0.15, 0.2) is 4.34 Å². The number of amides is 1. The fourth-order valence-corrected chi connectivity index (χ4v) is 5.94. The lowest BCUT2D eigenvalue weighted by atomic mass is 10.1. The standard InChI is InChI=1S/C22H26N4O3S3/c1-14(2)30-22-25-24-21(31-22)23-20(27)18-8-6-17(7-9-18)13-26(32(5,28)29)19-11-15(3)10-16(4)12-19/h6-12,14H,13H2,1-5H3,(H,23,24,27). The van der Waals surface area contributed by atoms with E-state index in [4.69, 9.17) is 0 Å². The minimum atomic E-state index is -3.49. The second-order valence-corrected chi connectivity index (χ2v) is 12.5. The van der Waals surface area contributed by atoms with Gasteiger partial charge in [0.05, 0.1) is 18.5 Å². The number of hydrogen-bond donors (Lipinski definition) is 1. The zero-order chi connectivity index (χ0) is 23.5. The maximum absolute atomic E-state index is 12.5. The molecule has 0 aliphatic rings. The van der Waals surface area contributed by atoms with Crippen molar-refractivity contribution in [2.24, 2.45) is 0 Å². The number of hydrogen-bond acceptors (Lipinski definition) is 7. The molecule has 32 heavy (non-hydrogen) atoms. The van der Waals surface area contributed by atoms with E-state index < -0.39 is 10.0 Å². The Morgan fingerprint density at radius 3 is 2.28 bits per heavy atom. The summed E-state index contributed by atoms with van der Waals surface area (Å²) in [5.74, 6) is -0.289. The highest BCUT2D eigenvalue weighted by Gasteiger charge is 2.19. The van der Waals surface area contributed by atoms with Crippen LogP contribution in [-0.2, 0) is 16.6 Å². The Morgan fingerprint density at radius 2 is 1.72 bits per heavy atom. The van der Waals surface area contributed by atoms with E-state index in [1.165, 1.54) is 21.9 Å². The molecule has 7 nitrogen and oxygen atoms in total. The molecular weight excluding hydrogens is 464 g/mol. The number of nitrogens with zero attached hydrogens (tertiary/aromatic N) is 3. The van der Waals surface area contributed by atoms with Crippen LogP contribution in [0.15, 0.2) is 46.8 Å². The number of benzene rings is 2. The van der Waals surface area contributed by atoms with Crippen LogP contribution in [0, 0.1) is 13.8 Å². The number of carbonyl (C=O) groups excluding carboxylic acids is 1. The lowest BCUT2D eigenvalue weighted by Gasteiger charge is -2.23. The van der Waals surface area contributed by atoms with Crippen molar-refractivity contribution in [1.29, 1.82) is 0 Å². The summed E-state index contributed by atoms with van der Waals surface area (Å²) < 4.78 is 27.1. The van der Waals surface area contributed by atoms with Gasteiger partial charge >= 0.3 is 0 Å². The van der Waals surface area contributed by atoms with Crippen molar-refractivity contribution in [2.45, 2.75) is 43.8 Å². The van der Waals surface area contributed by atoms with Gasteiger partial charge in [0.25, 0.3) is 5.91 Å². The van der Waals surface area contributed by atoms with Crippen molar-refractivity contribution in [3.05, 3.63) is 64.7 Å². The molecule has 0 radical (unpaired) electrons. The van der Waals surface area contributed by atoms with Gasteiger partial charge in [-0.1, -0.05) is 55.1 Å². The topological polar surface area (TPSA) is 92.3 Å². The molecule has 0 fully saturated rings. The molecule has 10 heteroatoms. The van der Waals surface area contributed by atoms with Crippen LogP contribution in [0.4, 0.5) is 10.8 Å². The molecule has 1 amide bonds. The van der Waals surface area contributed by atoms with Gasteiger partial charge in [-0.25, -0.2) is 8.42 Å². The molecule has 0 saturated heterocycles. The van der Waals surface area contributed by atoms with Crippen LogP contribution < -0.4 is 9.62 Å². The Morgan fingerprint density at radius 1 is 1.09 bits per heavy atom. The fraction of sp³-hybridized carbons (Fsp3) is 0.318. The van der Waals surface area contributed by atoms with Crippen molar-refractivity contribution in [3.8, 4) is 0 Å². The molecule has 0 aliphatic carbocycles. The van der Waals surface area contributed by atoms with Gasteiger partial charge in [0, 0.05) is 10.8 Å². The summed E-state index contributed by atoms with van der Waals surface area (Å²) in [5.41, 5.74) is 3.84. The zero-order valence-electron chi connectivity index (χ0n) is 18.6. The summed E-state index contributed by atoms with van der Waals surface area (Å²) in [6, 6.07) is 12.6. The normalized spacial score (nSPS) is 11.6. The third-order valence-corrected chi connectivity index (χ3v) is 7.47. The van der Waals surface area contributed by atoms with Crippen LogP contribution in [0.25, 0.3) is 0 Å². The van der Waals surface area contributed by atoms with Gasteiger partial charge in [-0.05, 0) is 54.8 Å². The van der Waals surface area contributed by atoms with E-state index in [1.807, 2.05) is 32.0 Å². The van der Waals surface area contributed by atoms with Crippen LogP contribution >= 0.6 is 23.1 Å². The van der Waals surface area contributed by atoms with E-state index in [0.717, 1.165) is 21.0 Å². The fourth-order valence-electron chi connectivity index (χ4n) is 3.10. The summed E-state index contributed by atoms with van der Waals surface area (Å²) in [4.78, 5) is 12.5. The first-order chi connectivity index (χ1) is 15.0. The molecule has 3 rings (SSSR count). The van der Waals surface area contributed by atoms with Crippen molar-refractivity contribution in [1.82, 2.24) is 10.2 Å². The average molecular weight is 491 g/mol. The Bertz CT molecular complexity index is 1190. The molecule has 1 aromatic heterocycles. The number of anilines is 2. The van der Waals surface area contributed by atoms with E-state index >= 15 is 0 Å². The van der Waals surface area contributed by atoms with Gasteiger partial charge in [-0.3, -0.25) is 14.4 Å². The molecular formula is C22H26N4O3S3. The minimum absolute atomic E-state index is 0.176. The zero-order valence-corrected chi connectivity index (χ0v) is 21.1. The van der Waals surface area contributed by atoms with Crippen molar-refractivity contribution >= 4 is 49.8 Å². The minimum Gasteiger partial charge on any atom is -0.296 e. The summed E-state index contributed by atoms with van der Waals surface area (Å²) in [6.07, 6.45) is 1.19. The predicted molar refractivity (Wildman–Crippen MR) is 132 cm³/mol.